The average Bonchev–Trinajstić information content (AvgIpc) is 2.58. The number of aliphatic hydroxyl groups excluding tert-OH is 2. The molecule has 0 fully saturated rings. The van der Waals surface area contributed by atoms with E-state index in [-0.39, 0.29) is 29.1 Å². The van der Waals surface area contributed by atoms with Crippen LogP contribution in [0.2, 0.25) is 0 Å². The third-order valence-electron chi connectivity index (χ3n) is 4.63. The van der Waals surface area contributed by atoms with Gasteiger partial charge in [-0.15, -0.1) is 0 Å². The summed E-state index contributed by atoms with van der Waals surface area (Å²) < 4.78 is 24.2. The van der Waals surface area contributed by atoms with Gasteiger partial charge in [0.25, 0.3) is 0 Å². The van der Waals surface area contributed by atoms with Crippen molar-refractivity contribution in [3.05, 3.63) is 35.3 Å². The second kappa shape index (κ2) is 9.00. The molecule has 6 nitrogen and oxygen atoms in total. The average molecular weight is 368 g/mol. The molecule has 0 bridgehead atoms. The SMILES string of the molecule is COc1cc(F)c(CC[C@@H]2CC(CC(C)O)C(=O)C=C2OCO)cc1O. The van der Waals surface area contributed by atoms with Crippen LogP contribution in [0.15, 0.2) is 24.0 Å². The molecule has 3 atom stereocenters. The molecule has 0 amide bonds. The highest BCUT2D eigenvalue weighted by atomic mass is 19.1. The van der Waals surface area contributed by atoms with Gasteiger partial charge >= 0.3 is 0 Å². The molecule has 2 rings (SSSR count). The van der Waals surface area contributed by atoms with E-state index in [1.165, 1.54) is 19.3 Å². The Balaban J connectivity index is 2.14. The molecular formula is C19H25FO6. The zero-order chi connectivity index (χ0) is 19.3. The second-order valence-corrected chi connectivity index (χ2v) is 6.59. The normalized spacial score (nSPS) is 21.3. The van der Waals surface area contributed by atoms with Gasteiger partial charge in [0.2, 0.25) is 0 Å². The Hall–Kier alpha value is -2.12. The molecule has 3 N–H and O–H groups in total. The standard InChI is InChI=1S/C19H25FO6/c1-11(22)5-14-6-13(18(26-10-21)9-16(14)23)4-3-12-7-17(24)19(25-2)8-15(12)20/h7-9,11,13-14,21-22,24H,3-6,10H2,1-2H3/t11?,13-,14?/m1/s1. The van der Waals surface area contributed by atoms with Crippen LogP contribution in [0.4, 0.5) is 4.39 Å². The van der Waals surface area contributed by atoms with E-state index in [1.54, 1.807) is 6.92 Å². The first-order chi connectivity index (χ1) is 12.3. The van der Waals surface area contributed by atoms with Gasteiger partial charge in [-0.05, 0) is 44.2 Å². The molecule has 0 heterocycles. The van der Waals surface area contributed by atoms with Crippen LogP contribution < -0.4 is 4.74 Å². The van der Waals surface area contributed by atoms with E-state index in [0.717, 1.165) is 6.07 Å². The number of methoxy groups -OCH3 is 1. The minimum Gasteiger partial charge on any atom is -0.504 e. The minimum absolute atomic E-state index is 0.0655. The monoisotopic (exact) mass is 368 g/mol. The summed E-state index contributed by atoms with van der Waals surface area (Å²) >= 11 is 0. The third-order valence-corrected chi connectivity index (χ3v) is 4.63. The summed E-state index contributed by atoms with van der Waals surface area (Å²) in [7, 11) is 1.35. The molecule has 1 aliphatic carbocycles. The van der Waals surface area contributed by atoms with Crippen molar-refractivity contribution in [3.8, 4) is 11.5 Å². The maximum absolute atomic E-state index is 14.2. The lowest BCUT2D eigenvalue weighted by Crippen LogP contribution is -2.28. The summed E-state index contributed by atoms with van der Waals surface area (Å²) in [4.78, 5) is 12.1. The zero-order valence-electron chi connectivity index (χ0n) is 14.9. The molecule has 0 spiro atoms. The number of benzene rings is 1. The van der Waals surface area contributed by atoms with Crippen molar-refractivity contribution in [1.82, 2.24) is 0 Å². The molecule has 1 aliphatic rings. The van der Waals surface area contributed by atoms with E-state index in [2.05, 4.69) is 0 Å². The number of phenolic OH excluding ortho intramolecular Hbond substituents is 1. The Morgan fingerprint density at radius 2 is 2.08 bits per heavy atom. The van der Waals surface area contributed by atoms with Crippen LogP contribution in [-0.4, -0.2) is 41.1 Å². The van der Waals surface area contributed by atoms with E-state index in [4.69, 9.17) is 14.6 Å². The zero-order valence-corrected chi connectivity index (χ0v) is 14.9. The summed E-state index contributed by atoms with van der Waals surface area (Å²) in [6, 6.07) is 2.46. The Labute approximate surface area is 151 Å². The number of hydrogen-bond donors (Lipinski definition) is 3. The van der Waals surface area contributed by atoms with Gasteiger partial charge in [0.05, 0.1) is 13.2 Å². The molecule has 1 aromatic carbocycles. The lowest BCUT2D eigenvalue weighted by atomic mass is 9.79. The topological polar surface area (TPSA) is 96.2 Å². The number of rotatable bonds is 8. The Kier molecular flexibility index (Phi) is 6.99. The van der Waals surface area contributed by atoms with Crippen LogP contribution in [-0.2, 0) is 16.0 Å². The number of aromatic hydroxyl groups is 1. The van der Waals surface area contributed by atoms with E-state index >= 15 is 0 Å². The van der Waals surface area contributed by atoms with Crippen LogP contribution in [0.25, 0.3) is 0 Å². The molecule has 0 aromatic heterocycles. The Morgan fingerprint density at radius 3 is 2.69 bits per heavy atom. The summed E-state index contributed by atoms with van der Waals surface area (Å²) in [5.41, 5.74) is 0.329. The number of hydrogen-bond acceptors (Lipinski definition) is 6. The number of carbonyl (C=O) groups excluding carboxylic acids is 1. The van der Waals surface area contributed by atoms with E-state index < -0.39 is 18.7 Å². The fraction of sp³-hybridized carbons (Fsp3) is 0.526. The maximum atomic E-state index is 14.2. The molecule has 0 saturated heterocycles. The highest BCUT2D eigenvalue weighted by Gasteiger charge is 2.31. The third kappa shape index (κ3) is 4.95. The smallest absolute Gasteiger partial charge is 0.185 e. The molecule has 0 aliphatic heterocycles. The molecule has 7 heteroatoms. The fourth-order valence-corrected chi connectivity index (χ4v) is 3.34. The number of halogens is 1. The maximum Gasteiger partial charge on any atom is 0.185 e. The van der Waals surface area contributed by atoms with Gasteiger partial charge in [-0.3, -0.25) is 4.79 Å². The van der Waals surface area contributed by atoms with Gasteiger partial charge in [-0.1, -0.05) is 0 Å². The molecular weight excluding hydrogens is 343 g/mol. The predicted molar refractivity (Wildman–Crippen MR) is 92.1 cm³/mol. The van der Waals surface area contributed by atoms with Crippen molar-refractivity contribution in [2.24, 2.45) is 11.8 Å². The molecule has 1 aromatic rings. The minimum atomic E-state index is -0.603. The summed E-state index contributed by atoms with van der Waals surface area (Å²) in [6.45, 7) is 1.08. The number of ketones is 1. The molecule has 0 radical (unpaired) electrons. The first-order valence-corrected chi connectivity index (χ1v) is 8.58. The lowest BCUT2D eigenvalue weighted by molar-refractivity contribution is -0.121. The van der Waals surface area contributed by atoms with Crippen molar-refractivity contribution >= 4 is 5.78 Å². The Bertz CT molecular complexity index is 670. The first kappa shape index (κ1) is 20.2. The summed E-state index contributed by atoms with van der Waals surface area (Å²) in [6.07, 6.45) is 2.34. The number of aryl methyl sites for hydroxylation is 1. The van der Waals surface area contributed by atoms with Gasteiger partial charge in [0.1, 0.15) is 11.6 Å². The molecule has 0 saturated carbocycles. The Morgan fingerprint density at radius 1 is 1.35 bits per heavy atom. The van der Waals surface area contributed by atoms with Crippen molar-refractivity contribution in [2.45, 2.75) is 38.7 Å². The van der Waals surface area contributed by atoms with Gasteiger partial charge < -0.3 is 24.8 Å². The summed E-state index contributed by atoms with van der Waals surface area (Å²) in [5, 5.41) is 28.4. The fourth-order valence-electron chi connectivity index (χ4n) is 3.34. The van der Waals surface area contributed by atoms with Gasteiger partial charge in [0, 0.05) is 24.0 Å². The van der Waals surface area contributed by atoms with E-state index in [1.807, 2.05) is 0 Å². The molecule has 144 valence electrons. The highest BCUT2D eigenvalue weighted by Crippen LogP contribution is 2.35. The van der Waals surface area contributed by atoms with Gasteiger partial charge in [-0.2, -0.15) is 0 Å². The van der Waals surface area contributed by atoms with E-state index in [9.17, 15) is 19.4 Å². The number of aliphatic hydroxyl groups is 2. The van der Waals surface area contributed by atoms with Crippen LogP contribution in [0.5, 0.6) is 11.5 Å². The first-order valence-electron chi connectivity index (χ1n) is 8.58. The van der Waals surface area contributed by atoms with Crippen molar-refractivity contribution in [2.75, 3.05) is 13.9 Å². The van der Waals surface area contributed by atoms with Crippen LogP contribution >= 0.6 is 0 Å². The number of allylic oxidation sites excluding steroid dienone is 2. The van der Waals surface area contributed by atoms with Crippen LogP contribution in [0.1, 0.15) is 31.7 Å². The molecule has 26 heavy (non-hydrogen) atoms. The predicted octanol–water partition coefficient (Wildman–Crippen LogP) is 2.30. The lowest BCUT2D eigenvalue weighted by Gasteiger charge is -2.29. The van der Waals surface area contributed by atoms with Crippen LogP contribution in [0, 0.1) is 17.7 Å². The summed E-state index contributed by atoms with van der Waals surface area (Å²) in [5.74, 6) is -0.850. The van der Waals surface area contributed by atoms with E-state index in [0.29, 0.717) is 37.0 Å². The van der Waals surface area contributed by atoms with Gasteiger partial charge in [-0.25, -0.2) is 4.39 Å². The quantitative estimate of drug-likeness (QED) is 0.610. The van der Waals surface area contributed by atoms with Crippen molar-refractivity contribution < 1.29 is 34.0 Å². The van der Waals surface area contributed by atoms with Crippen molar-refractivity contribution in [3.63, 3.8) is 0 Å². The highest BCUT2D eigenvalue weighted by molar-refractivity contribution is 5.93. The van der Waals surface area contributed by atoms with Crippen molar-refractivity contribution in [1.29, 1.82) is 0 Å². The van der Waals surface area contributed by atoms with Crippen LogP contribution in [0.3, 0.4) is 0 Å². The number of carbonyl (C=O) groups is 1. The number of ether oxygens (including phenoxy) is 2. The largest absolute Gasteiger partial charge is 0.504 e. The second-order valence-electron chi connectivity index (χ2n) is 6.59. The van der Waals surface area contributed by atoms with Gasteiger partial charge in [0.15, 0.2) is 24.1 Å². The molecule has 2 unspecified atom stereocenters. The number of phenols is 1.